The van der Waals surface area contributed by atoms with Crippen LogP contribution in [0.15, 0.2) is 66.4 Å². The van der Waals surface area contributed by atoms with Crippen molar-refractivity contribution in [1.82, 2.24) is 9.78 Å². The van der Waals surface area contributed by atoms with E-state index in [0.29, 0.717) is 11.8 Å². The zero-order chi connectivity index (χ0) is 14.2. The van der Waals surface area contributed by atoms with Crippen LogP contribution in [0.1, 0.15) is 6.42 Å². The third-order valence-corrected chi connectivity index (χ3v) is 2.49. The summed E-state index contributed by atoms with van der Waals surface area (Å²) in [6.07, 6.45) is 4.93. The molecule has 0 unspecified atom stereocenters. The average Bonchev–Trinajstić information content (AvgIpc) is 2.49. The summed E-state index contributed by atoms with van der Waals surface area (Å²) >= 11 is 0. The normalized spacial score (nSPS) is 11.1. The van der Waals surface area contributed by atoms with Crippen LogP contribution in [0.4, 0.5) is 4.79 Å². The largest absolute Gasteiger partial charge is 0.448 e. The van der Waals surface area contributed by atoms with E-state index >= 15 is 0 Å². The Labute approximate surface area is 116 Å². The van der Waals surface area contributed by atoms with Crippen LogP contribution in [0.3, 0.4) is 0 Å². The summed E-state index contributed by atoms with van der Waals surface area (Å²) in [5.41, 5.74) is 0.938. The Kier molecular flexibility index (Phi) is 4.83. The highest BCUT2D eigenvalue weighted by molar-refractivity contribution is 5.68. The summed E-state index contributed by atoms with van der Waals surface area (Å²) in [6.45, 7) is 3.83. The topological polar surface area (TPSA) is 56.5 Å². The van der Waals surface area contributed by atoms with Gasteiger partial charge in [-0.25, -0.2) is 9.48 Å². The molecule has 0 fully saturated rings. The fraction of sp³-hybridized carbons (Fsp3) is 0.133. The average molecular weight is 269 g/mol. The van der Waals surface area contributed by atoms with Crippen molar-refractivity contribution in [1.29, 1.82) is 0 Å². The van der Waals surface area contributed by atoms with Crippen molar-refractivity contribution in [3.63, 3.8) is 0 Å². The van der Waals surface area contributed by atoms with E-state index in [2.05, 4.69) is 16.7 Å². The summed E-state index contributed by atoms with van der Waals surface area (Å²) in [5.74, 6) is 0. The molecule has 0 aliphatic carbocycles. The van der Waals surface area contributed by atoms with Crippen LogP contribution >= 0.6 is 0 Å². The number of rotatable bonds is 4. The van der Waals surface area contributed by atoms with E-state index in [0.717, 1.165) is 5.69 Å². The predicted octanol–water partition coefficient (Wildman–Crippen LogP) is 2.49. The van der Waals surface area contributed by atoms with E-state index in [-0.39, 0.29) is 6.61 Å². The van der Waals surface area contributed by atoms with E-state index in [9.17, 15) is 4.79 Å². The minimum absolute atomic E-state index is 0.288. The number of hydrogen-bond donors (Lipinski definition) is 0. The molecule has 102 valence electrons. The molecule has 0 saturated heterocycles. The van der Waals surface area contributed by atoms with Crippen LogP contribution in [0, 0.1) is 0 Å². The lowest BCUT2D eigenvalue weighted by Gasteiger charge is -2.03. The Hall–Kier alpha value is -2.69. The van der Waals surface area contributed by atoms with E-state index in [1.165, 1.54) is 6.20 Å². The zero-order valence-corrected chi connectivity index (χ0v) is 11.0. The molecule has 0 aliphatic rings. The van der Waals surface area contributed by atoms with Crippen LogP contribution in [-0.2, 0) is 4.74 Å². The summed E-state index contributed by atoms with van der Waals surface area (Å²) in [7, 11) is 0. The second-order valence-corrected chi connectivity index (χ2v) is 3.97. The molecular weight excluding hydrogens is 254 g/mol. The number of benzene rings is 1. The Balaban J connectivity index is 2.08. The number of carbonyl (C=O) groups is 1. The van der Waals surface area contributed by atoms with Crippen molar-refractivity contribution >= 4 is 6.09 Å². The van der Waals surface area contributed by atoms with Crippen LogP contribution in [0.2, 0.25) is 0 Å². The van der Waals surface area contributed by atoms with E-state index in [1.807, 2.05) is 30.3 Å². The maximum Gasteiger partial charge on any atom is 0.434 e. The van der Waals surface area contributed by atoms with Gasteiger partial charge in [-0.15, -0.1) is 6.58 Å². The molecule has 1 heterocycles. The van der Waals surface area contributed by atoms with Gasteiger partial charge < -0.3 is 4.74 Å². The van der Waals surface area contributed by atoms with Crippen molar-refractivity contribution in [2.45, 2.75) is 6.42 Å². The summed E-state index contributed by atoms with van der Waals surface area (Å²) in [4.78, 5) is 15.2. The molecule has 0 aliphatic heterocycles. The molecule has 0 N–H and O–H groups in total. The monoisotopic (exact) mass is 269 g/mol. The van der Waals surface area contributed by atoms with Crippen LogP contribution < -0.4 is 5.36 Å². The van der Waals surface area contributed by atoms with Crippen molar-refractivity contribution in [3.8, 4) is 5.69 Å². The van der Waals surface area contributed by atoms with Gasteiger partial charge in [-0.05, 0) is 24.6 Å². The number of hydrogen-bond acceptors (Lipinski definition) is 3. The first-order chi connectivity index (χ1) is 9.79. The van der Waals surface area contributed by atoms with Crippen molar-refractivity contribution in [3.05, 3.63) is 66.8 Å². The molecule has 1 aromatic carbocycles. The molecule has 5 nitrogen and oxygen atoms in total. The molecule has 0 radical (unpaired) electrons. The molecule has 20 heavy (non-hydrogen) atoms. The summed E-state index contributed by atoms with van der Waals surface area (Å²) < 4.78 is 6.59. The number of nitrogens with zero attached hydrogens (tertiary/aromatic N) is 3. The van der Waals surface area contributed by atoms with Crippen molar-refractivity contribution < 1.29 is 9.53 Å². The highest BCUT2D eigenvalue weighted by atomic mass is 16.5. The fourth-order valence-electron chi connectivity index (χ4n) is 1.52. The van der Waals surface area contributed by atoms with Gasteiger partial charge in [0.05, 0.1) is 23.8 Å². The second-order valence-electron chi connectivity index (χ2n) is 3.97. The smallest absolute Gasteiger partial charge is 0.434 e. The first-order valence-corrected chi connectivity index (χ1v) is 6.22. The highest BCUT2D eigenvalue weighted by Gasteiger charge is 1.98. The first-order valence-electron chi connectivity index (χ1n) is 6.22. The van der Waals surface area contributed by atoms with Gasteiger partial charge in [-0.1, -0.05) is 24.3 Å². The Morgan fingerprint density at radius 3 is 2.80 bits per heavy atom. The summed E-state index contributed by atoms with van der Waals surface area (Å²) in [6, 6.07) is 11.4. The third-order valence-electron chi connectivity index (χ3n) is 2.49. The maximum absolute atomic E-state index is 11.4. The van der Waals surface area contributed by atoms with E-state index in [1.54, 1.807) is 23.0 Å². The van der Waals surface area contributed by atoms with E-state index < -0.39 is 6.09 Å². The molecule has 0 atom stereocenters. The molecular formula is C15H15N3O2. The number of ether oxygens (including phenoxy) is 1. The lowest BCUT2D eigenvalue weighted by Crippen LogP contribution is -2.12. The van der Waals surface area contributed by atoms with Crippen LogP contribution in [0.25, 0.3) is 5.69 Å². The van der Waals surface area contributed by atoms with Crippen molar-refractivity contribution in [2.24, 2.45) is 4.99 Å². The number of aromatic nitrogens is 2. The van der Waals surface area contributed by atoms with Gasteiger partial charge in [0.2, 0.25) is 0 Å². The Morgan fingerprint density at radius 1 is 1.35 bits per heavy atom. The molecule has 0 bridgehead atoms. The van der Waals surface area contributed by atoms with Gasteiger partial charge >= 0.3 is 6.09 Å². The van der Waals surface area contributed by atoms with Gasteiger partial charge in [-0.3, -0.25) is 0 Å². The number of carbonyl (C=O) groups excluding carboxylic acids is 1. The molecule has 1 amide bonds. The molecule has 1 aromatic heterocycles. The lowest BCUT2D eigenvalue weighted by atomic mass is 10.3. The highest BCUT2D eigenvalue weighted by Crippen LogP contribution is 2.02. The third kappa shape index (κ3) is 3.91. The summed E-state index contributed by atoms with van der Waals surface area (Å²) in [5, 5.41) is 4.66. The van der Waals surface area contributed by atoms with Gasteiger partial charge in [0, 0.05) is 6.20 Å². The van der Waals surface area contributed by atoms with Crippen molar-refractivity contribution in [2.75, 3.05) is 6.61 Å². The SMILES string of the molecule is C=CCCOC(=O)N=c1ccn(-c2ccccc2)nc1. The molecule has 0 spiro atoms. The van der Waals surface area contributed by atoms with Crippen LogP contribution in [0.5, 0.6) is 0 Å². The minimum Gasteiger partial charge on any atom is -0.448 e. The Bertz CT molecular complexity index is 627. The predicted molar refractivity (Wildman–Crippen MR) is 75.3 cm³/mol. The van der Waals surface area contributed by atoms with Crippen LogP contribution in [-0.4, -0.2) is 22.5 Å². The van der Waals surface area contributed by atoms with Gasteiger partial charge in [0.25, 0.3) is 0 Å². The van der Waals surface area contributed by atoms with Gasteiger partial charge in [-0.2, -0.15) is 10.1 Å². The zero-order valence-electron chi connectivity index (χ0n) is 11.0. The standard InChI is InChI=1S/C15H15N3O2/c1-2-3-11-20-15(19)17-13-9-10-18(16-12-13)14-7-5-4-6-8-14/h2,4-10,12H,1,3,11H2. The van der Waals surface area contributed by atoms with Gasteiger partial charge in [0.1, 0.15) is 0 Å². The number of para-hydroxylation sites is 1. The maximum atomic E-state index is 11.4. The lowest BCUT2D eigenvalue weighted by molar-refractivity contribution is 0.158. The molecule has 2 rings (SSSR count). The van der Waals surface area contributed by atoms with E-state index in [4.69, 9.17) is 4.74 Å². The van der Waals surface area contributed by atoms with Gasteiger partial charge in [0.15, 0.2) is 0 Å². The second kappa shape index (κ2) is 7.04. The molecule has 0 saturated carbocycles. The Morgan fingerprint density at radius 2 is 2.15 bits per heavy atom. The molecule has 5 heteroatoms. The first kappa shape index (κ1) is 13.7. The fourth-order valence-corrected chi connectivity index (χ4v) is 1.52. The minimum atomic E-state index is -0.619. The number of amides is 1. The molecule has 2 aromatic rings. The quantitative estimate of drug-likeness (QED) is 0.633.